The van der Waals surface area contributed by atoms with Crippen LogP contribution in [0.2, 0.25) is 0 Å². The van der Waals surface area contributed by atoms with Crippen molar-refractivity contribution in [1.29, 1.82) is 0 Å². The molecule has 10 aromatic rings. The van der Waals surface area contributed by atoms with E-state index in [9.17, 15) is 0 Å². The van der Waals surface area contributed by atoms with Crippen molar-refractivity contribution in [3.05, 3.63) is 200 Å². The van der Waals surface area contributed by atoms with Gasteiger partial charge in [-0.1, -0.05) is 176 Å². The van der Waals surface area contributed by atoms with Gasteiger partial charge in [0.2, 0.25) is 0 Å². The van der Waals surface area contributed by atoms with E-state index in [4.69, 9.17) is 26.2 Å². The van der Waals surface area contributed by atoms with Crippen molar-refractivity contribution < 1.29 is 11.3 Å². The molecule has 55 heavy (non-hydrogen) atoms. The minimum Gasteiger partial charge on any atom is -0.455 e. The van der Waals surface area contributed by atoms with Crippen LogP contribution in [0, 0.1) is 0 Å². The molecule has 4 heteroatoms. The smallest absolute Gasteiger partial charge is 0.164 e. The molecule has 0 N–H and O–H groups in total. The summed E-state index contributed by atoms with van der Waals surface area (Å²) in [5.41, 5.74) is 11.0. The number of benzene rings is 8. The summed E-state index contributed by atoms with van der Waals surface area (Å²) < 4.78 is 48.2. The van der Waals surface area contributed by atoms with Gasteiger partial charge in [0.15, 0.2) is 17.5 Å². The zero-order valence-electron chi connectivity index (χ0n) is 34.4. The number of furan rings is 1. The van der Waals surface area contributed by atoms with Crippen LogP contribution >= 0.6 is 0 Å². The van der Waals surface area contributed by atoms with Gasteiger partial charge in [0, 0.05) is 33.0 Å². The molecule has 0 aliphatic rings. The Bertz CT molecular complexity index is 3210. The van der Waals surface area contributed by atoms with Crippen molar-refractivity contribution in [3.63, 3.8) is 0 Å². The summed E-state index contributed by atoms with van der Waals surface area (Å²) >= 11 is 0. The average molecular weight is 709 g/mol. The summed E-state index contributed by atoms with van der Waals surface area (Å²) in [4.78, 5) is 14.8. The first-order chi connectivity index (χ1) is 29.3. The maximum absolute atomic E-state index is 8.56. The highest BCUT2D eigenvalue weighted by Gasteiger charge is 2.17. The molecule has 2 aromatic heterocycles. The van der Waals surface area contributed by atoms with Gasteiger partial charge in [-0.05, 0) is 63.2 Å². The SMILES string of the molecule is [2H]c1c([2H])c([2H])c(-c2cccc(-c3nc(-c4ccccc4)nc(-c4ccc5oc6c(-c7ccc(-c8ccc(-c9ccccc9)cc8)cc7)cccc6c5c4)n3)c2)c([2H])c1[2H]. The fourth-order valence-corrected chi connectivity index (χ4v) is 7.05. The standard InChI is InChI=1S/C51H33N3O/c1-4-12-34(13-5-1)36-22-24-37(25-23-36)38-26-28-39(29-27-38)44-20-11-21-45-46-33-43(30-31-47(46)55-48(44)45)51-53-49(40-16-8-3-9-17-40)52-50(54-51)42-19-10-18-41(32-42)35-14-6-2-7-15-35/h1-33H/i2D,6D,7D,14D,15D. The molecule has 0 radical (unpaired) electrons. The predicted molar refractivity (Wildman–Crippen MR) is 225 cm³/mol. The molecule has 0 atom stereocenters. The Kier molecular flexibility index (Phi) is 6.85. The molecule has 0 unspecified atom stereocenters. The van der Waals surface area contributed by atoms with E-state index >= 15 is 0 Å². The first kappa shape index (κ1) is 27.2. The van der Waals surface area contributed by atoms with E-state index in [0.29, 0.717) is 28.6 Å². The van der Waals surface area contributed by atoms with E-state index < -0.39 is 18.1 Å². The van der Waals surface area contributed by atoms with E-state index in [2.05, 4.69) is 84.9 Å². The molecular formula is C51H33N3O. The average Bonchev–Trinajstić information content (AvgIpc) is 3.69. The number of para-hydroxylation sites is 1. The number of aromatic nitrogens is 3. The normalized spacial score (nSPS) is 12.5. The monoisotopic (exact) mass is 708 g/mol. The van der Waals surface area contributed by atoms with Gasteiger partial charge in [-0.15, -0.1) is 0 Å². The largest absolute Gasteiger partial charge is 0.455 e. The highest BCUT2D eigenvalue weighted by atomic mass is 16.3. The third kappa shape index (κ3) is 6.26. The van der Waals surface area contributed by atoms with Crippen molar-refractivity contribution in [2.75, 3.05) is 0 Å². The van der Waals surface area contributed by atoms with E-state index in [1.807, 2.05) is 66.7 Å². The van der Waals surface area contributed by atoms with Crippen LogP contribution in [0.15, 0.2) is 204 Å². The molecule has 0 aliphatic heterocycles. The molecule has 2 heterocycles. The van der Waals surface area contributed by atoms with Gasteiger partial charge in [0.25, 0.3) is 0 Å². The van der Waals surface area contributed by atoms with Gasteiger partial charge in [-0.25, -0.2) is 15.0 Å². The summed E-state index contributed by atoms with van der Waals surface area (Å²) in [6.45, 7) is 0. The molecule has 0 saturated carbocycles. The van der Waals surface area contributed by atoms with Gasteiger partial charge >= 0.3 is 0 Å². The van der Waals surface area contributed by atoms with Crippen LogP contribution < -0.4 is 0 Å². The maximum atomic E-state index is 8.56. The lowest BCUT2D eigenvalue weighted by Gasteiger charge is -2.10. The number of hydrogen-bond donors (Lipinski definition) is 0. The Morgan fingerprint density at radius 3 is 1.49 bits per heavy atom. The maximum Gasteiger partial charge on any atom is 0.164 e. The van der Waals surface area contributed by atoms with Crippen LogP contribution in [0.5, 0.6) is 0 Å². The first-order valence-electron chi connectivity index (χ1n) is 20.5. The van der Waals surface area contributed by atoms with E-state index in [1.165, 1.54) is 11.1 Å². The lowest BCUT2D eigenvalue weighted by Crippen LogP contribution is -2.00. The topological polar surface area (TPSA) is 51.8 Å². The second-order valence-electron chi connectivity index (χ2n) is 13.3. The quantitative estimate of drug-likeness (QED) is 0.165. The minimum atomic E-state index is -0.436. The number of rotatable bonds is 7. The first-order valence-corrected chi connectivity index (χ1v) is 18.0. The molecule has 258 valence electrons. The van der Waals surface area contributed by atoms with Crippen molar-refractivity contribution in [2.45, 2.75) is 0 Å². The summed E-state index contributed by atoms with van der Waals surface area (Å²) in [7, 11) is 0. The van der Waals surface area contributed by atoms with Crippen molar-refractivity contribution in [1.82, 2.24) is 15.0 Å². The van der Waals surface area contributed by atoms with E-state index in [-0.39, 0.29) is 17.6 Å². The van der Waals surface area contributed by atoms with Gasteiger partial charge in [0.1, 0.15) is 11.2 Å². The molecule has 0 aliphatic carbocycles. The Morgan fingerprint density at radius 2 is 0.836 bits per heavy atom. The van der Waals surface area contributed by atoms with Gasteiger partial charge < -0.3 is 4.42 Å². The molecule has 8 aromatic carbocycles. The van der Waals surface area contributed by atoms with E-state index in [1.54, 1.807) is 18.2 Å². The predicted octanol–water partition coefficient (Wildman–Crippen LogP) is 13.4. The summed E-state index contributed by atoms with van der Waals surface area (Å²) in [5, 5.41) is 1.89. The molecule has 0 saturated heterocycles. The molecule has 10 rings (SSSR count). The number of nitrogens with zero attached hydrogens (tertiary/aromatic N) is 3. The molecule has 0 bridgehead atoms. The summed E-state index contributed by atoms with van der Waals surface area (Å²) in [6, 6.07) is 54.7. The van der Waals surface area contributed by atoms with E-state index in [0.717, 1.165) is 55.3 Å². The van der Waals surface area contributed by atoms with Crippen LogP contribution in [0.4, 0.5) is 0 Å². The van der Waals surface area contributed by atoms with Crippen molar-refractivity contribution in [2.24, 2.45) is 0 Å². The third-order valence-corrected chi connectivity index (χ3v) is 9.85. The Hall–Kier alpha value is -7.43. The molecule has 0 spiro atoms. The summed E-state index contributed by atoms with van der Waals surface area (Å²) in [5.74, 6) is 1.30. The zero-order chi connectivity index (χ0) is 40.9. The van der Waals surface area contributed by atoms with Gasteiger partial charge in [-0.3, -0.25) is 0 Å². The number of fused-ring (bicyclic) bond motifs is 3. The van der Waals surface area contributed by atoms with Crippen LogP contribution in [0.1, 0.15) is 6.85 Å². The second kappa shape index (κ2) is 13.8. The lowest BCUT2D eigenvalue weighted by atomic mass is 9.97. The second-order valence-corrected chi connectivity index (χ2v) is 13.3. The Balaban J connectivity index is 1.03. The lowest BCUT2D eigenvalue weighted by molar-refractivity contribution is 0.670. The minimum absolute atomic E-state index is 0.113. The fourth-order valence-electron chi connectivity index (χ4n) is 7.05. The highest BCUT2D eigenvalue weighted by molar-refractivity contribution is 6.10. The molecule has 4 nitrogen and oxygen atoms in total. The zero-order valence-corrected chi connectivity index (χ0v) is 29.4. The number of hydrogen-bond acceptors (Lipinski definition) is 4. The van der Waals surface area contributed by atoms with Crippen LogP contribution in [0.25, 0.3) is 101 Å². The molecule has 0 amide bonds. The third-order valence-electron chi connectivity index (χ3n) is 9.85. The summed E-state index contributed by atoms with van der Waals surface area (Å²) in [6.07, 6.45) is 0. The van der Waals surface area contributed by atoms with Crippen LogP contribution in [0.3, 0.4) is 0 Å². The Labute approximate surface area is 326 Å². The van der Waals surface area contributed by atoms with Gasteiger partial charge in [0.05, 0.1) is 6.85 Å². The van der Waals surface area contributed by atoms with Crippen molar-refractivity contribution in [3.8, 4) is 78.7 Å². The Morgan fingerprint density at radius 1 is 0.345 bits per heavy atom. The van der Waals surface area contributed by atoms with Crippen molar-refractivity contribution >= 4 is 21.9 Å². The molecular weight excluding hydrogens is 671 g/mol. The van der Waals surface area contributed by atoms with Gasteiger partial charge in [-0.2, -0.15) is 0 Å². The van der Waals surface area contributed by atoms with Crippen LogP contribution in [-0.4, -0.2) is 15.0 Å². The molecule has 0 fully saturated rings. The highest BCUT2D eigenvalue weighted by Crippen LogP contribution is 2.38. The fraction of sp³-hybridized carbons (Fsp3) is 0. The van der Waals surface area contributed by atoms with Crippen LogP contribution in [-0.2, 0) is 0 Å².